The van der Waals surface area contributed by atoms with Crippen molar-refractivity contribution in [1.82, 2.24) is 19.7 Å². The number of carbonyl (C=O) groups excluding carboxylic acids is 1. The number of hydrogen-bond acceptors (Lipinski definition) is 4. The molecule has 0 spiro atoms. The third-order valence-electron chi connectivity index (χ3n) is 3.67. The van der Waals surface area contributed by atoms with Crippen LogP contribution in [0.25, 0.3) is 17.1 Å². The molecular weight excluding hydrogens is 375 g/mol. The van der Waals surface area contributed by atoms with Crippen LogP contribution in [0.5, 0.6) is 0 Å². The summed E-state index contributed by atoms with van der Waals surface area (Å²) in [6.45, 7) is 0. The van der Waals surface area contributed by atoms with Crippen LogP contribution in [-0.2, 0) is 4.79 Å². The molecule has 0 aliphatic heterocycles. The summed E-state index contributed by atoms with van der Waals surface area (Å²) in [5, 5.41) is 9.27. The molecule has 5 nitrogen and oxygen atoms in total. The lowest BCUT2D eigenvalue weighted by atomic mass is 10.2. The van der Waals surface area contributed by atoms with Crippen molar-refractivity contribution in [3.05, 3.63) is 59.4 Å². The van der Waals surface area contributed by atoms with Crippen LogP contribution < -0.4 is 0 Å². The van der Waals surface area contributed by atoms with Gasteiger partial charge in [-0.2, -0.15) is 0 Å². The van der Waals surface area contributed by atoms with E-state index in [0.29, 0.717) is 27.3 Å². The topological polar surface area (TPSA) is 51.0 Å². The Labute approximate surface area is 159 Å². The monoisotopic (exact) mass is 390 g/mol. The largest absolute Gasteiger partial charge is 0.348 e. The number of aromatic nitrogens is 3. The number of nitrogens with zero attached hydrogens (tertiary/aromatic N) is 4. The Kier molecular flexibility index (Phi) is 5.58. The molecule has 0 bridgehead atoms. The first-order valence-corrected chi connectivity index (χ1v) is 9.13. The molecule has 0 radical (unpaired) electrons. The molecule has 0 unspecified atom stereocenters. The van der Waals surface area contributed by atoms with Gasteiger partial charge in [-0.1, -0.05) is 47.6 Å². The minimum absolute atomic E-state index is 0.0719. The summed E-state index contributed by atoms with van der Waals surface area (Å²) in [6.07, 6.45) is 0. The molecule has 2 aromatic carbocycles. The first kappa shape index (κ1) is 18.4. The van der Waals surface area contributed by atoms with Crippen molar-refractivity contribution >= 4 is 29.3 Å². The lowest BCUT2D eigenvalue weighted by Gasteiger charge is -2.13. The zero-order valence-electron chi connectivity index (χ0n) is 14.2. The van der Waals surface area contributed by atoms with Crippen LogP contribution in [0, 0.1) is 5.82 Å². The molecule has 3 aromatic rings. The van der Waals surface area contributed by atoms with E-state index < -0.39 is 5.82 Å². The molecule has 0 atom stereocenters. The molecule has 0 saturated carbocycles. The molecule has 0 saturated heterocycles. The van der Waals surface area contributed by atoms with Crippen LogP contribution in [0.3, 0.4) is 0 Å². The molecular formula is C18H16ClFN4OS. The third-order valence-corrected chi connectivity index (χ3v) is 4.91. The van der Waals surface area contributed by atoms with Crippen molar-refractivity contribution in [2.24, 2.45) is 0 Å². The second kappa shape index (κ2) is 7.88. The Morgan fingerprint density at radius 2 is 1.85 bits per heavy atom. The average molecular weight is 391 g/mol. The molecule has 1 amide bonds. The maximum atomic E-state index is 14.5. The predicted octanol–water partition coefficient (Wildman–Crippen LogP) is 3.91. The van der Waals surface area contributed by atoms with Crippen molar-refractivity contribution in [2.75, 3.05) is 19.8 Å². The Hall–Kier alpha value is -2.38. The van der Waals surface area contributed by atoms with Crippen LogP contribution in [0.2, 0.25) is 5.02 Å². The summed E-state index contributed by atoms with van der Waals surface area (Å²) in [5.74, 6) is 0.0986. The lowest BCUT2D eigenvalue weighted by molar-refractivity contribution is -0.125. The Morgan fingerprint density at radius 1 is 1.15 bits per heavy atom. The van der Waals surface area contributed by atoms with Crippen LogP contribution in [0.1, 0.15) is 0 Å². The summed E-state index contributed by atoms with van der Waals surface area (Å²) in [5.41, 5.74) is 0.933. The second-order valence-corrected chi connectivity index (χ2v) is 7.00. The van der Waals surface area contributed by atoms with Crippen LogP contribution >= 0.6 is 23.4 Å². The van der Waals surface area contributed by atoms with Gasteiger partial charge in [0.25, 0.3) is 0 Å². The fraction of sp³-hybridized carbons (Fsp3) is 0.167. The highest BCUT2D eigenvalue weighted by molar-refractivity contribution is 7.99. The molecule has 0 N–H and O–H groups in total. The standard InChI is InChI=1S/C18H16ClFN4OS/c1-23(2)16(25)11-26-18-22-21-17(12-7-3-4-8-13(12)19)24(18)15-10-6-5-9-14(15)20/h3-10H,11H2,1-2H3. The molecule has 3 rings (SSSR count). The molecule has 1 aromatic heterocycles. The maximum absolute atomic E-state index is 14.5. The molecule has 1 heterocycles. The van der Waals surface area contributed by atoms with Crippen molar-refractivity contribution in [1.29, 1.82) is 0 Å². The van der Waals surface area contributed by atoms with Gasteiger partial charge >= 0.3 is 0 Å². The SMILES string of the molecule is CN(C)C(=O)CSc1nnc(-c2ccccc2Cl)n1-c1ccccc1F. The third kappa shape index (κ3) is 3.73. The Bertz CT molecular complexity index is 944. The van der Waals surface area contributed by atoms with Crippen molar-refractivity contribution in [3.63, 3.8) is 0 Å². The van der Waals surface area contributed by atoms with Gasteiger partial charge in [0.1, 0.15) is 5.82 Å². The zero-order valence-corrected chi connectivity index (χ0v) is 15.8. The summed E-state index contributed by atoms with van der Waals surface area (Å²) < 4.78 is 16.0. The summed E-state index contributed by atoms with van der Waals surface area (Å²) >= 11 is 7.49. The van der Waals surface area contributed by atoms with Gasteiger partial charge < -0.3 is 4.90 Å². The van der Waals surface area contributed by atoms with Gasteiger partial charge in [-0.05, 0) is 24.3 Å². The van der Waals surface area contributed by atoms with Gasteiger partial charge in [0.2, 0.25) is 5.91 Å². The summed E-state index contributed by atoms with van der Waals surface area (Å²) in [6, 6.07) is 13.5. The van der Waals surface area contributed by atoms with E-state index in [1.807, 2.05) is 6.07 Å². The van der Waals surface area contributed by atoms with Gasteiger partial charge in [-0.15, -0.1) is 10.2 Å². The van der Waals surface area contributed by atoms with Crippen molar-refractivity contribution < 1.29 is 9.18 Å². The number of hydrogen-bond donors (Lipinski definition) is 0. The van der Waals surface area contributed by atoms with Crippen molar-refractivity contribution in [3.8, 4) is 17.1 Å². The van der Waals surface area contributed by atoms with Gasteiger partial charge in [0.15, 0.2) is 11.0 Å². The Balaban J connectivity index is 2.10. The van der Waals surface area contributed by atoms with E-state index in [1.165, 1.54) is 22.7 Å². The zero-order chi connectivity index (χ0) is 18.7. The highest BCUT2D eigenvalue weighted by Crippen LogP contribution is 2.32. The number of halogens is 2. The van der Waals surface area contributed by atoms with E-state index in [1.54, 1.807) is 55.1 Å². The molecule has 26 heavy (non-hydrogen) atoms. The van der Waals surface area contributed by atoms with Crippen LogP contribution in [-0.4, -0.2) is 45.4 Å². The number of para-hydroxylation sites is 1. The second-order valence-electron chi connectivity index (χ2n) is 5.65. The van der Waals surface area contributed by atoms with Gasteiger partial charge in [0, 0.05) is 19.7 Å². The average Bonchev–Trinajstić information content (AvgIpc) is 3.03. The lowest BCUT2D eigenvalue weighted by Crippen LogP contribution is -2.23. The highest BCUT2D eigenvalue weighted by Gasteiger charge is 2.21. The number of rotatable bonds is 5. The number of benzene rings is 2. The molecule has 0 fully saturated rings. The fourth-order valence-electron chi connectivity index (χ4n) is 2.29. The molecule has 0 aliphatic rings. The van der Waals surface area contributed by atoms with Crippen molar-refractivity contribution in [2.45, 2.75) is 5.16 Å². The highest BCUT2D eigenvalue weighted by atomic mass is 35.5. The normalized spacial score (nSPS) is 10.8. The molecule has 134 valence electrons. The number of amides is 1. The minimum atomic E-state index is -0.415. The van der Waals surface area contributed by atoms with E-state index in [9.17, 15) is 9.18 Å². The number of carbonyl (C=O) groups is 1. The van der Waals surface area contributed by atoms with E-state index in [-0.39, 0.29) is 11.7 Å². The van der Waals surface area contributed by atoms with Gasteiger partial charge in [-0.25, -0.2) is 4.39 Å². The molecule has 8 heteroatoms. The van der Waals surface area contributed by atoms with E-state index in [4.69, 9.17) is 11.6 Å². The smallest absolute Gasteiger partial charge is 0.232 e. The Morgan fingerprint density at radius 3 is 2.54 bits per heavy atom. The van der Waals surface area contributed by atoms with E-state index >= 15 is 0 Å². The van der Waals surface area contributed by atoms with Gasteiger partial charge in [0.05, 0.1) is 16.5 Å². The fourth-order valence-corrected chi connectivity index (χ4v) is 3.43. The van der Waals surface area contributed by atoms with E-state index in [0.717, 1.165) is 0 Å². The van der Waals surface area contributed by atoms with Crippen LogP contribution in [0.4, 0.5) is 4.39 Å². The van der Waals surface area contributed by atoms with Crippen LogP contribution in [0.15, 0.2) is 53.7 Å². The first-order valence-electron chi connectivity index (χ1n) is 7.77. The molecule has 0 aliphatic carbocycles. The minimum Gasteiger partial charge on any atom is -0.348 e. The van der Waals surface area contributed by atoms with E-state index in [2.05, 4.69) is 10.2 Å². The first-order chi connectivity index (χ1) is 12.5. The summed E-state index contributed by atoms with van der Waals surface area (Å²) in [7, 11) is 3.36. The summed E-state index contributed by atoms with van der Waals surface area (Å²) in [4.78, 5) is 13.4. The maximum Gasteiger partial charge on any atom is 0.232 e. The predicted molar refractivity (Wildman–Crippen MR) is 101 cm³/mol. The number of thioether (sulfide) groups is 1. The van der Waals surface area contributed by atoms with Gasteiger partial charge in [-0.3, -0.25) is 9.36 Å². The quantitative estimate of drug-likeness (QED) is 0.620.